The van der Waals surface area contributed by atoms with Gasteiger partial charge in [-0.3, -0.25) is 0 Å². The average Bonchev–Trinajstić information content (AvgIpc) is 3.27. The highest BCUT2D eigenvalue weighted by Crippen LogP contribution is 2.29. The summed E-state index contributed by atoms with van der Waals surface area (Å²) < 4.78 is 0. The molecule has 0 aliphatic carbocycles. The van der Waals surface area contributed by atoms with Crippen LogP contribution in [-0.2, 0) is 13.1 Å². The lowest BCUT2D eigenvalue weighted by Crippen LogP contribution is -2.19. The number of nitrogens with one attached hydrogen (secondary N) is 2. The van der Waals surface area contributed by atoms with Gasteiger partial charge in [0.15, 0.2) is 0 Å². The van der Waals surface area contributed by atoms with Crippen molar-refractivity contribution in [2.75, 3.05) is 28.6 Å². The van der Waals surface area contributed by atoms with E-state index in [1.807, 2.05) is 6.07 Å². The van der Waals surface area contributed by atoms with Crippen molar-refractivity contribution in [3.8, 4) is 0 Å². The largest absolute Gasteiger partial charge is 0.379 e. The number of benzene rings is 2. The lowest BCUT2D eigenvalue weighted by molar-refractivity contribution is 0.949. The Bertz CT molecular complexity index is 842. The normalized spacial score (nSPS) is 13.6. The summed E-state index contributed by atoms with van der Waals surface area (Å²) in [6, 6.07) is 19.1. The van der Waals surface area contributed by atoms with E-state index >= 15 is 0 Å². The monoisotopic (exact) mass is 359 g/mol. The molecular formula is C22H25N5. The van der Waals surface area contributed by atoms with Gasteiger partial charge in [-0.1, -0.05) is 36.4 Å². The first-order chi connectivity index (χ1) is 13.4. The Labute approximate surface area is 160 Å². The van der Waals surface area contributed by atoms with Gasteiger partial charge >= 0.3 is 0 Å². The van der Waals surface area contributed by atoms with E-state index in [1.54, 1.807) is 12.4 Å². The zero-order valence-corrected chi connectivity index (χ0v) is 15.4. The molecule has 138 valence electrons. The third-order valence-corrected chi connectivity index (χ3v) is 4.87. The lowest BCUT2D eigenvalue weighted by Gasteiger charge is -2.22. The standard InChI is InChI=1S/C22H25N5/c1-2-7-21(27-14-3-4-15-27)20(6-1)25-16-18-8-10-19(11-9-18)17-26-22-23-12-5-13-24-22/h1-2,5-13,25H,3-4,14-17H2,(H,23,24,26). The molecule has 1 aromatic heterocycles. The van der Waals surface area contributed by atoms with Crippen molar-refractivity contribution >= 4 is 17.3 Å². The van der Waals surface area contributed by atoms with Gasteiger partial charge in [0.1, 0.15) is 0 Å². The Hall–Kier alpha value is -3.08. The van der Waals surface area contributed by atoms with Crippen molar-refractivity contribution < 1.29 is 0 Å². The molecule has 5 nitrogen and oxygen atoms in total. The van der Waals surface area contributed by atoms with Gasteiger partial charge in [0.05, 0.1) is 11.4 Å². The molecule has 2 heterocycles. The topological polar surface area (TPSA) is 53.1 Å². The zero-order valence-electron chi connectivity index (χ0n) is 15.4. The summed E-state index contributed by atoms with van der Waals surface area (Å²) in [6.07, 6.45) is 6.06. The third kappa shape index (κ3) is 4.56. The first-order valence-electron chi connectivity index (χ1n) is 9.55. The highest BCUT2D eigenvalue weighted by Gasteiger charge is 2.15. The summed E-state index contributed by atoms with van der Waals surface area (Å²) >= 11 is 0. The second-order valence-corrected chi connectivity index (χ2v) is 6.81. The van der Waals surface area contributed by atoms with Gasteiger partial charge < -0.3 is 15.5 Å². The number of anilines is 3. The smallest absolute Gasteiger partial charge is 0.222 e. The Morgan fingerprint density at radius 1 is 0.741 bits per heavy atom. The van der Waals surface area contributed by atoms with E-state index < -0.39 is 0 Å². The first-order valence-corrected chi connectivity index (χ1v) is 9.55. The second-order valence-electron chi connectivity index (χ2n) is 6.81. The minimum Gasteiger partial charge on any atom is -0.379 e. The first kappa shape index (κ1) is 17.3. The molecule has 5 heteroatoms. The molecule has 0 spiro atoms. The minimum absolute atomic E-state index is 0.654. The fourth-order valence-electron chi connectivity index (χ4n) is 3.40. The van der Waals surface area contributed by atoms with E-state index in [0.29, 0.717) is 5.95 Å². The molecule has 1 aliphatic heterocycles. The van der Waals surface area contributed by atoms with Gasteiger partial charge in [-0.15, -0.1) is 0 Å². The van der Waals surface area contributed by atoms with Crippen LogP contribution in [0.5, 0.6) is 0 Å². The van der Waals surface area contributed by atoms with Gasteiger partial charge in [-0.2, -0.15) is 0 Å². The lowest BCUT2D eigenvalue weighted by atomic mass is 10.1. The number of hydrogen-bond donors (Lipinski definition) is 2. The summed E-state index contributed by atoms with van der Waals surface area (Å²) in [4.78, 5) is 10.8. The number of rotatable bonds is 7. The maximum Gasteiger partial charge on any atom is 0.222 e. The fraction of sp³-hybridized carbons (Fsp3) is 0.273. The van der Waals surface area contributed by atoms with Gasteiger partial charge in [-0.05, 0) is 42.2 Å². The van der Waals surface area contributed by atoms with E-state index in [2.05, 4.69) is 74.0 Å². The fourth-order valence-corrected chi connectivity index (χ4v) is 3.40. The summed E-state index contributed by atoms with van der Waals surface area (Å²) in [7, 11) is 0. The molecule has 0 atom stereocenters. The molecule has 1 saturated heterocycles. The van der Waals surface area contributed by atoms with Crippen LogP contribution >= 0.6 is 0 Å². The molecule has 0 saturated carbocycles. The molecule has 0 radical (unpaired) electrons. The number of nitrogens with zero attached hydrogens (tertiary/aromatic N) is 3. The Kier molecular flexibility index (Phi) is 5.48. The van der Waals surface area contributed by atoms with Crippen LogP contribution in [0, 0.1) is 0 Å². The van der Waals surface area contributed by atoms with Gasteiger partial charge in [0.25, 0.3) is 0 Å². The zero-order chi connectivity index (χ0) is 18.3. The van der Waals surface area contributed by atoms with E-state index in [-0.39, 0.29) is 0 Å². The van der Waals surface area contributed by atoms with E-state index in [1.165, 1.54) is 35.3 Å². The van der Waals surface area contributed by atoms with Crippen LogP contribution in [0.1, 0.15) is 24.0 Å². The van der Waals surface area contributed by atoms with Crippen LogP contribution < -0.4 is 15.5 Å². The van der Waals surface area contributed by atoms with Crippen LogP contribution in [0.25, 0.3) is 0 Å². The Morgan fingerprint density at radius 3 is 2.07 bits per heavy atom. The molecule has 0 bridgehead atoms. The molecule has 3 aromatic rings. The maximum absolute atomic E-state index is 4.18. The quantitative estimate of drug-likeness (QED) is 0.659. The molecular weight excluding hydrogens is 334 g/mol. The number of hydrogen-bond acceptors (Lipinski definition) is 5. The van der Waals surface area contributed by atoms with E-state index in [0.717, 1.165) is 26.2 Å². The number of para-hydroxylation sites is 2. The Morgan fingerprint density at radius 2 is 1.37 bits per heavy atom. The van der Waals surface area contributed by atoms with Crippen molar-refractivity contribution in [3.05, 3.63) is 78.1 Å². The predicted molar refractivity (Wildman–Crippen MR) is 111 cm³/mol. The van der Waals surface area contributed by atoms with Crippen LogP contribution in [0.3, 0.4) is 0 Å². The van der Waals surface area contributed by atoms with Crippen molar-refractivity contribution in [3.63, 3.8) is 0 Å². The molecule has 1 aliphatic rings. The number of aromatic nitrogens is 2. The summed E-state index contributed by atoms with van der Waals surface area (Å²) in [5, 5.41) is 6.84. The van der Waals surface area contributed by atoms with Gasteiger partial charge in [0.2, 0.25) is 5.95 Å². The molecule has 0 amide bonds. The van der Waals surface area contributed by atoms with Crippen LogP contribution in [0.2, 0.25) is 0 Å². The molecule has 1 fully saturated rings. The van der Waals surface area contributed by atoms with Crippen LogP contribution in [-0.4, -0.2) is 23.1 Å². The highest BCUT2D eigenvalue weighted by atomic mass is 15.2. The SMILES string of the molecule is c1cnc(NCc2ccc(CNc3ccccc3N3CCCC3)cc2)nc1. The Balaban J connectivity index is 1.34. The van der Waals surface area contributed by atoms with Crippen LogP contribution in [0.15, 0.2) is 67.0 Å². The second kappa shape index (κ2) is 8.54. The van der Waals surface area contributed by atoms with Crippen molar-refractivity contribution in [1.82, 2.24) is 9.97 Å². The molecule has 0 unspecified atom stereocenters. The summed E-state index contributed by atoms with van der Waals surface area (Å²) in [5.41, 5.74) is 5.01. The summed E-state index contributed by atoms with van der Waals surface area (Å²) in [6.45, 7) is 3.85. The predicted octanol–water partition coefficient (Wildman–Crippen LogP) is 4.30. The highest BCUT2D eigenvalue weighted by molar-refractivity contribution is 5.70. The van der Waals surface area contributed by atoms with E-state index in [4.69, 9.17) is 0 Å². The van der Waals surface area contributed by atoms with Crippen LogP contribution in [0.4, 0.5) is 17.3 Å². The molecule has 2 N–H and O–H groups in total. The van der Waals surface area contributed by atoms with E-state index in [9.17, 15) is 0 Å². The van der Waals surface area contributed by atoms with Crippen molar-refractivity contribution in [2.24, 2.45) is 0 Å². The third-order valence-electron chi connectivity index (χ3n) is 4.87. The van der Waals surface area contributed by atoms with Crippen molar-refractivity contribution in [1.29, 1.82) is 0 Å². The molecule has 27 heavy (non-hydrogen) atoms. The van der Waals surface area contributed by atoms with Gasteiger partial charge in [0, 0.05) is 38.6 Å². The average molecular weight is 359 g/mol. The summed E-state index contributed by atoms with van der Waals surface area (Å²) in [5.74, 6) is 0.654. The maximum atomic E-state index is 4.18. The molecule has 2 aromatic carbocycles. The van der Waals surface area contributed by atoms with Gasteiger partial charge in [-0.25, -0.2) is 9.97 Å². The molecule has 4 rings (SSSR count). The van der Waals surface area contributed by atoms with Crippen molar-refractivity contribution in [2.45, 2.75) is 25.9 Å². The minimum atomic E-state index is 0.654.